The molecule has 1 aromatic carbocycles. The number of hydrogen-bond donors (Lipinski definition) is 2. The van der Waals surface area contributed by atoms with Crippen molar-refractivity contribution < 1.29 is 9.53 Å². The van der Waals surface area contributed by atoms with Crippen molar-refractivity contribution in [2.75, 3.05) is 13.1 Å². The lowest BCUT2D eigenvalue weighted by Gasteiger charge is -2.36. The molecule has 7 heteroatoms. The van der Waals surface area contributed by atoms with Crippen molar-refractivity contribution in [3.63, 3.8) is 0 Å². The number of carbonyl (C=O) groups excluding carboxylic acids is 1. The number of carbonyl (C=O) groups is 1. The second-order valence-electron chi connectivity index (χ2n) is 6.74. The fraction of sp³-hybridized carbons (Fsp3) is 0.474. The molecule has 2 aromatic rings. The predicted molar refractivity (Wildman–Crippen MR) is 103 cm³/mol. The topological polar surface area (TPSA) is 88.4 Å². The molecule has 0 spiro atoms. The average molecular weight is 378 g/mol. The smallest absolute Gasteiger partial charge is 0.255 e. The quantitative estimate of drug-likeness (QED) is 0.810. The summed E-state index contributed by atoms with van der Waals surface area (Å²) in [7, 11) is 0. The Labute approximate surface area is 157 Å². The highest BCUT2D eigenvalue weighted by Gasteiger charge is 2.28. The van der Waals surface area contributed by atoms with Crippen LogP contribution in [-0.4, -0.2) is 41.0 Å². The number of fused-ring (bicyclic) bond motifs is 1. The van der Waals surface area contributed by atoms with Crippen LogP contribution in [0.4, 0.5) is 0 Å². The van der Waals surface area contributed by atoms with Crippen LogP contribution in [0.2, 0.25) is 5.02 Å². The number of likely N-dealkylation sites (tertiary alicyclic amines) is 1. The molecule has 2 heterocycles. The van der Waals surface area contributed by atoms with Gasteiger partial charge in [0.1, 0.15) is 11.9 Å². The number of aromatic amines is 1. The van der Waals surface area contributed by atoms with E-state index in [0.29, 0.717) is 16.2 Å². The van der Waals surface area contributed by atoms with Gasteiger partial charge in [-0.15, -0.1) is 0 Å². The number of nitrogens with one attached hydrogen (secondary N) is 1. The van der Waals surface area contributed by atoms with Gasteiger partial charge in [0.15, 0.2) is 0 Å². The van der Waals surface area contributed by atoms with E-state index >= 15 is 0 Å². The van der Waals surface area contributed by atoms with Gasteiger partial charge in [0.25, 0.3) is 5.56 Å². The Morgan fingerprint density at radius 1 is 1.42 bits per heavy atom. The first-order valence-corrected chi connectivity index (χ1v) is 9.38. The van der Waals surface area contributed by atoms with Gasteiger partial charge < -0.3 is 15.5 Å². The highest BCUT2D eigenvalue weighted by atomic mass is 35.5. The van der Waals surface area contributed by atoms with Crippen molar-refractivity contribution in [2.24, 2.45) is 5.73 Å². The van der Waals surface area contributed by atoms with Crippen LogP contribution >= 0.6 is 11.6 Å². The number of piperidine rings is 1. The Balaban J connectivity index is 1.68. The van der Waals surface area contributed by atoms with Crippen molar-refractivity contribution >= 4 is 28.3 Å². The molecule has 0 aliphatic carbocycles. The van der Waals surface area contributed by atoms with Gasteiger partial charge in [-0.1, -0.05) is 24.9 Å². The molecule has 140 valence electrons. The third-order valence-corrected chi connectivity index (χ3v) is 5.22. The Morgan fingerprint density at radius 2 is 2.15 bits per heavy atom. The van der Waals surface area contributed by atoms with E-state index in [9.17, 15) is 9.59 Å². The zero-order valence-corrected chi connectivity index (χ0v) is 15.6. The van der Waals surface area contributed by atoms with Crippen LogP contribution in [0.1, 0.15) is 32.6 Å². The number of nitrogens with two attached hydrogens (primary N) is 1. The van der Waals surface area contributed by atoms with E-state index < -0.39 is 0 Å². The van der Waals surface area contributed by atoms with Crippen molar-refractivity contribution in [3.8, 4) is 5.75 Å². The lowest BCUT2D eigenvalue weighted by atomic mass is 10.0. The molecule has 1 atom stereocenters. The van der Waals surface area contributed by atoms with Crippen molar-refractivity contribution in [1.29, 1.82) is 0 Å². The van der Waals surface area contributed by atoms with Crippen LogP contribution in [-0.2, 0) is 4.79 Å². The third-order valence-electron chi connectivity index (χ3n) is 4.93. The molecule has 1 aliphatic rings. The standard InChI is InChI=1S/C19H24ClN3O3/c1-2-3-16(18(21)24)23-8-5-13(6-9-23)26-17-10-12-4-7-22-19(25)14(12)11-15(17)20/h4,7,10-11,13,16H,2-3,5-6,8-9H2,1H3,(H2,21,24)(H,22,25). The molecule has 6 nitrogen and oxygen atoms in total. The highest BCUT2D eigenvalue weighted by Crippen LogP contribution is 2.31. The number of aromatic nitrogens is 1. The molecule has 1 unspecified atom stereocenters. The molecule has 1 aliphatic heterocycles. The van der Waals surface area contributed by atoms with Gasteiger partial charge in [0, 0.05) is 24.7 Å². The van der Waals surface area contributed by atoms with Crippen molar-refractivity contribution in [2.45, 2.75) is 44.8 Å². The van der Waals surface area contributed by atoms with E-state index in [0.717, 1.165) is 44.2 Å². The van der Waals surface area contributed by atoms with Crippen molar-refractivity contribution in [3.05, 3.63) is 39.8 Å². The molecule has 1 fully saturated rings. The molecule has 0 bridgehead atoms. The number of benzene rings is 1. The lowest BCUT2D eigenvalue weighted by molar-refractivity contribution is -0.124. The van der Waals surface area contributed by atoms with Crippen LogP contribution in [0.15, 0.2) is 29.2 Å². The van der Waals surface area contributed by atoms with Gasteiger partial charge in [0.05, 0.1) is 11.1 Å². The summed E-state index contributed by atoms with van der Waals surface area (Å²) in [6.45, 7) is 3.59. The van der Waals surface area contributed by atoms with Crippen LogP contribution < -0.4 is 16.0 Å². The van der Waals surface area contributed by atoms with E-state index in [1.807, 2.05) is 12.1 Å². The molecule has 26 heavy (non-hydrogen) atoms. The zero-order chi connectivity index (χ0) is 18.7. The second-order valence-corrected chi connectivity index (χ2v) is 7.14. The normalized spacial score (nSPS) is 17.3. The van der Waals surface area contributed by atoms with Gasteiger partial charge >= 0.3 is 0 Å². The monoisotopic (exact) mass is 377 g/mol. The Bertz CT molecular complexity index is 844. The van der Waals surface area contributed by atoms with Crippen LogP contribution in [0, 0.1) is 0 Å². The summed E-state index contributed by atoms with van der Waals surface area (Å²) < 4.78 is 6.10. The minimum absolute atomic E-state index is 0.0262. The summed E-state index contributed by atoms with van der Waals surface area (Å²) >= 11 is 6.31. The maximum atomic E-state index is 11.8. The predicted octanol–water partition coefficient (Wildman–Crippen LogP) is 2.68. The van der Waals surface area contributed by atoms with Gasteiger partial charge in [-0.05, 0) is 42.8 Å². The minimum Gasteiger partial charge on any atom is -0.489 e. The van der Waals surface area contributed by atoms with E-state index in [2.05, 4.69) is 16.8 Å². The molecule has 1 saturated heterocycles. The molecule has 1 amide bonds. The number of ether oxygens (including phenoxy) is 1. The van der Waals surface area contributed by atoms with Gasteiger partial charge in [-0.25, -0.2) is 0 Å². The molecule has 0 radical (unpaired) electrons. The second kappa shape index (κ2) is 8.10. The number of rotatable bonds is 6. The summed E-state index contributed by atoms with van der Waals surface area (Å²) in [6, 6.07) is 5.08. The SMILES string of the molecule is CCCC(C(N)=O)N1CCC(Oc2cc3cc[nH]c(=O)c3cc2Cl)CC1. The van der Waals surface area contributed by atoms with E-state index in [4.69, 9.17) is 22.1 Å². The number of primary amides is 1. The first kappa shape index (κ1) is 18.7. The summed E-state index contributed by atoms with van der Waals surface area (Å²) in [6.07, 6.45) is 4.95. The number of hydrogen-bond acceptors (Lipinski definition) is 4. The molecule has 3 rings (SSSR count). The first-order chi connectivity index (χ1) is 12.5. The average Bonchev–Trinajstić information content (AvgIpc) is 2.62. The summed E-state index contributed by atoms with van der Waals surface area (Å²) in [5.41, 5.74) is 5.37. The summed E-state index contributed by atoms with van der Waals surface area (Å²) in [4.78, 5) is 28.3. The number of amides is 1. The first-order valence-electron chi connectivity index (χ1n) is 9.00. The number of H-pyrrole nitrogens is 1. The molecular weight excluding hydrogens is 354 g/mol. The summed E-state index contributed by atoms with van der Waals surface area (Å²) in [5.74, 6) is 0.331. The number of nitrogens with zero attached hydrogens (tertiary/aromatic N) is 1. The maximum Gasteiger partial charge on any atom is 0.255 e. The van der Waals surface area contributed by atoms with Gasteiger partial charge in [-0.3, -0.25) is 14.5 Å². The van der Waals surface area contributed by atoms with Crippen molar-refractivity contribution in [1.82, 2.24) is 9.88 Å². The maximum absolute atomic E-state index is 11.8. The third kappa shape index (κ3) is 4.02. The molecule has 1 aromatic heterocycles. The largest absolute Gasteiger partial charge is 0.489 e. The zero-order valence-electron chi connectivity index (χ0n) is 14.8. The van der Waals surface area contributed by atoms with Gasteiger partial charge in [-0.2, -0.15) is 0 Å². The lowest BCUT2D eigenvalue weighted by Crippen LogP contribution is -2.49. The Hall–Kier alpha value is -2.05. The fourth-order valence-corrected chi connectivity index (χ4v) is 3.75. The van der Waals surface area contributed by atoms with E-state index in [1.165, 1.54) is 0 Å². The van der Waals surface area contributed by atoms with Crippen LogP contribution in [0.5, 0.6) is 5.75 Å². The highest BCUT2D eigenvalue weighted by molar-refractivity contribution is 6.32. The number of halogens is 1. The van der Waals surface area contributed by atoms with E-state index in [1.54, 1.807) is 12.3 Å². The Morgan fingerprint density at radius 3 is 2.81 bits per heavy atom. The molecule has 3 N–H and O–H groups in total. The summed E-state index contributed by atoms with van der Waals surface area (Å²) in [5, 5.41) is 1.77. The minimum atomic E-state index is -0.256. The molecule has 0 saturated carbocycles. The Kier molecular flexibility index (Phi) is 5.84. The fourth-order valence-electron chi connectivity index (χ4n) is 3.54. The molecular formula is C19H24ClN3O3. The van der Waals surface area contributed by atoms with Crippen LogP contribution in [0.25, 0.3) is 10.8 Å². The number of pyridine rings is 1. The van der Waals surface area contributed by atoms with Crippen LogP contribution in [0.3, 0.4) is 0 Å². The van der Waals surface area contributed by atoms with E-state index in [-0.39, 0.29) is 23.6 Å². The van der Waals surface area contributed by atoms with Gasteiger partial charge in [0.2, 0.25) is 5.91 Å².